The van der Waals surface area contributed by atoms with Crippen LogP contribution in [0.2, 0.25) is 0 Å². The Kier molecular flexibility index (Phi) is 3.31. The van der Waals surface area contributed by atoms with Crippen molar-refractivity contribution in [1.82, 2.24) is 0 Å². The summed E-state index contributed by atoms with van der Waals surface area (Å²) in [5.41, 5.74) is -0.0482. The lowest BCUT2D eigenvalue weighted by molar-refractivity contribution is 0.149. The molecule has 0 aliphatic heterocycles. The number of hydrogen-bond donors (Lipinski definition) is 1. The third kappa shape index (κ3) is 2.45. The van der Waals surface area contributed by atoms with Gasteiger partial charge in [-0.2, -0.15) is 0 Å². The smallest absolute Gasteiger partial charge is 0.264 e. The van der Waals surface area contributed by atoms with E-state index in [-0.39, 0.29) is 24.2 Å². The molecule has 0 spiro atoms. The molecule has 0 bridgehead atoms. The van der Waals surface area contributed by atoms with Gasteiger partial charge in [0.2, 0.25) is 0 Å². The first kappa shape index (κ1) is 10.1. The summed E-state index contributed by atoms with van der Waals surface area (Å²) in [5, 5.41) is 8.55. The molecule has 0 radical (unpaired) electrons. The van der Waals surface area contributed by atoms with Crippen molar-refractivity contribution in [3.8, 4) is 0 Å². The maximum absolute atomic E-state index is 12.6. The number of hydrogen-bond acceptors (Lipinski definition) is 1. The zero-order valence-electron chi connectivity index (χ0n) is 6.80. The van der Waals surface area contributed by atoms with Crippen molar-refractivity contribution >= 4 is 0 Å². The van der Waals surface area contributed by atoms with E-state index in [1.807, 2.05) is 0 Å². The average molecular weight is 190 g/mol. The molecule has 72 valence electrons. The standard InChI is InChI=1S/C9H9F3O/c10-7-1-2-8(9(11)12)6(5-7)3-4-13/h1-2,5,9,13H,3-4H2. The van der Waals surface area contributed by atoms with Gasteiger partial charge in [0, 0.05) is 12.2 Å². The lowest BCUT2D eigenvalue weighted by atomic mass is 10.1. The van der Waals surface area contributed by atoms with Crippen molar-refractivity contribution in [2.24, 2.45) is 0 Å². The van der Waals surface area contributed by atoms with E-state index in [9.17, 15) is 13.2 Å². The molecule has 1 aromatic carbocycles. The quantitative estimate of drug-likeness (QED) is 0.775. The Morgan fingerprint density at radius 1 is 1.31 bits per heavy atom. The molecule has 1 N–H and O–H groups in total. The molecule has 0 saturated heterocycles. The molecule has 0 aromatic heterocycles. The van der Waals surface area contributed by atoms with Gasteiger partial charge >= 0.3 is 0 Å². The molecule has 1 aromatic rings. The second kappa shape index (κ2) is 4.28. The van der Waals surface area contributed by atoms with Crippen molar-refractivity contribution < 1.29 is 18.3 Å². The van der Waals surface area contributed by atoms with Gasteiger partial charge < -0.3 is 5.11 Å². The van der Waals surface area contributed by atoms with E-state index < -0.39 is 12.2 Å². The van der Waals surface area contributed by atoms with Gasteiger partial charge in [0.15, 0.2) is 0 Å². The van der Waals surface area contributed by atoms with Crippen LogP contribution < -0.4 is 0 Å². The first-order valence-electron chi connectivity index (χ1n) is 3.82. The van der Waals surface area contributed by atoms with Crippen LogP contribution in [0.15, 0.2) is 18.2 Å². The van der Waals surface area contributed by atoms with Crippen LogP contribution in [0.4, 0.5) is 13.2 Å². The van der Waals surface area contributed by atoms with Gasteiger partial charge in [-0.1, -0.05) is 6.07 Å². The minimum absolute atomic E-state index is 0.0530. The molecule has 0 amide bonds. The minimum atomic E-state index is -2.62. The third-order valence-corrected chi connectivity index (χ3v) is 1.72. The molecule has 0 aliphatic rings. The summed E-state index contributed by atoms with van der Waals surface area (Å²) in [4.78, 5) is 0. The highest BCUT2D eigenvalue weighted by Crippen LogP contribution is 2.23. The Hall–Kier alpha value is -1.03. The Morgan fingerprint density at radius 3 is 2.54 bits per heavy atom. The van der Waals surface area contributed by atoms with Gasteiger partial charge in [0.1, 0.15) is 5.82 Å². The number of halogens is 3. The summed E-state index contributed by atoms with van der Waals surface area (Å²) in [5.74, 6) is -0.562. The molecular weight excluding hydrogens is 181 g/mol. The molecule has 0 saturated carbocycles. The number of benzene rings is 1. The number of alkyl halides is 2. The van der Waals surface area contributed by atoms with E-state index in [1.54, 1.807) is 0 Å². The lowest BCUT2D eigenvalue weighted by Crippen LogP contribution is -1.98. The fourth-order valence-corrected chi connectivity index (χ4v) is 1.12. The SMILES string of the molecule is OCCc1cc(F)ccc1C(F)F. The van der Waals surface area contributed by atoms with E-state index in [0.717, 1.165) is 18.2 Å². The molecule has 13 heavy (non-hydrogen) atoms. The van der Waals surface area contributed by atoms with E-state index in [2.05, 4.69) is 0 Å². The van der Waals surface area contributed by atoms with Crippen LogP contribution in [0.1, 0.15) is 17.6 Å². The zero-order valence-corrected chi connectivity index (χ0v) is 6.80. The van der Waals surface area contributed by atoms with Gasteiger partial charge in [-0.15, -0.1) is 0 Å². The Labute approximate surface area is 73.8 Å². The highest BCUT2D eigenvalue weighted by molar-refractivity contribution is 5.29. The van der Waals surface area contributed by atoms with E-state index in [1.165, 1.54) is 0 Å². The Morgan fingerprint density at radius 2 is 2.00 bits per heavy atom. The number of aliphatic hydroxyl groups excluding tert-OH is 1. The molecule has 0 heterocycles. The molecule has 1 nitrogen and oxygen atoms in total. The monoisotopic (exact) mass is 190 g/mol. The highest BCUT2D eigenvalue weighted by atomic mass is 19.3. The second-order valence-corrected chi connectivity index (χ2v) is 2.62. The van der Waals surface area contributed by atoms with Crippen LogP contribution in [0.3, 0.4) is 0 Å². The molecule has 0 unspecified atom stereocenters. The maximum atomic E-state index is 12.6. The predicted octanol–water partition coefficient (Wildman–Crippen LogP) is 2.30. The maximum Gasteiger partial charge on any atom is 0.264 e. The van der Waals surface area contributed by atoms with Crippen LogP contribution in [-0.2, 0) is 6.42 Å². The summed E-state index contributed by atoms with van der Waals surface area (Å²) < 4.78 is 37.2. The van der Waals surface area contributed by atoms with Crippen LogP contribution in [0.5, 0.6) is 0 Å². The van der Waals surface area contributed by atoms with Crippen LogP contribution >= 0.6 is 0 Å². The molecule has 0 fully saturated rings. The summed E-state index contributed by atoms with van der Waals surface area (Å²) in [6, 6.07) is 3.06. The fourth-order valence-electron chi connectivity index (χ4n) is 1.12. The summed E-state index contributed by atoms with van der Waals surface area (Å²) >= 11 is 0. The van der Waals surface area contributed by atoms with E-state index in [0.29, 0.717) is 0 Å². The number of aliphatic hydroxyl groups is 1. The summed E-state index contributed by atoms with van der Waals surface area (Å²) in [6.07, 6.45) is -2.57. The first-order valence-corrected chi connectivity index (χ1v) is 3.82. The van der Waals surface area contributed by atoms with Crippen LogP contribution in [-0.4, -0.2) is 11.7 Å². The van der Waals surface area contributed by atoms with Crippen molar-refractivity contribution in [1.29, 1.82) is 0 Å². The second-order valence-electron chi connectivity index (χ2n) is 2.62. The molecule has 4 heteroatoms. The van der Waals surface area contributed by atoms with Crippen molar-refractivity contribution in [3.63, 3.8) is 0 Å². The zero-order chi connectivity index (χ0) is 9.84. The summed E-state index contributed by atoms with van der Waals surface area (Å²) in [7, 11) is 0. The van der Waals surface area contributed by atoms with Crippen molar-refractivity contribution in [2.75, 3.05) is 6.61 Å². The van der Waals surface area contributed by atoms with Gasteiger partial charge in [0.25, 0.3) is 6.43 Å². The molecule has 0 atom stereocenters. The molecular formula is C9H9F3O. The number of rotatable bonds is 3. The third-order valence-electron chi connectivity index (χ3n) is 1.72. The topological polar surface area (TPSA) is 20.2 Å². The fraction of sp³-hybridized carbons (Fsp3) is 0.333. The Balaban J connectivity index is 3.03. The lowest BCUT2D eigenvalue weighted by Gasteiger charge is -2.06. The summed E-state index contributed by atoms with van der Waals surface area (Å²) in [6.45, 7) is -0.261. The van der Waals surface area contributed by atoms with Gasteiger partial charge in [-0.3, -0.25) is 0 Å². The van der Waals surface area contributed by atoms with Gasteiger partial charge in [-0.25, -0.2) is 13.2 Å². The molecule has 1 rings (SSSR count). The highest BCUT2D eigenvalue weighted by Gasteiger charge is 2.12. The van der Waals surface area contributed by atoms with Crippen LogP contribution in [0.25, 0.3) is 0 Å². The van der Waals surface area contributed by atoms with Gasteiger partial charge in [0.05, 0.1) is 0 Å². The van der Waals surface area contributed by atoms with E-state index in [4.69, 9.17) is 5.11 Å². The Bertz CT molecular complexity index is 286. The molecule has 0 aliphatic carbocycles. The van der Waals surface area contributed by atoms with Crippen molar-refractivity contribution in [3.05, 3.63) is 35.1 Å². The average Bonchev–Trinajstić information content (AvgIpc) is 2.04. The minimum Gasteiger partial charge on any atom is -0.396 e. The predicted molar refractivity (Wildman–Crippen MR) is 42.1 cm³/mol. The van der Waals surface area contributed by atoms with E-state index >= 15 is 0 Å². The van der Waals surface area contributed by atoms with Gasteiger partial charge in [-0.05, 0) is 24.1 Å². The largest absolute Gasteiger partial charge is 0.396 e. The first-order chi connectivity index (χ1) is 6.15. The normalized spacial score (nSPS) is 10.8. The van der Waals surface area contributed by atoms with Crippen LogP contribution in [0, 0.1) is 5.82 Å². The van der Waals surface area contributed by atoms with Crippen molar-refractivity contribution in [2.45, 2.75) is 12.8 Å².